The number of urea groups is 1. The Kier molecular flexibility index (Phi) is 4.54. The van der Waals surface area contributed by atoms with Crippen molar-refractivity contribution in [2.24, 2.45) is 5.92 Å². The van der Waals surface area contributed by atoms with Crippen LogP contribution in [0.1, 0.15) is 80.6 Å². The normalized spacial score (nSPS) is 22.7. The molecule has 1 aliphatic heterocycles. The lowest BCUT2D eigenvalue weighted by atomic mass is 9.96. The minimum absolute atomic E-state index is 0.0541. The summed E-state index contributed by atoms with van der Waals surface area (Å²) in [4.78, 5) is 17.8. The summed E-state index contributed by atoms with van der Waals surface area (Å²) in [6, 6.07) is 5.75. The molecule has 2 amide bonds. The first kappa shape index (κ1) is 19.0. The highest BCUT2D eigenvalue weighted by Crippen LogP contribution is 2.44. The van der Waals surface area contributed by atoms with E-state index >= 15 is 0 Å². The number of hydrogen-bond donors (Lipinski definition) is 2. The zero-order valence-corrected chi connectivity index (χ0v) is 17.6. The number of nitrogens with zero attached hydrogens (tertiary/aromatic N) is 2. The molecule has 2 heterocycles. The molecular weight excluding hydrogens is 396 g/mol. The van der Waals surface area contributed by atoms with Gasteiger partial charge in [-0.2, -0.15) is 4.98 Å². The van der Waals surface area contributed by atoms with Gasteiger partial charge in [-0.3, -0.25) is 0 Å². The third-order valence-electron chi connectivity index (χ3n) is 6.91. The molecule has 1 aromatic heterocycles. The molecule has 2 aromatic rings. The van der Waals surface area contributed by atoms with Crippen molar-refractivity contribution in [3.05, 3.63) is 35.5 Å². The number of carbonyl (C=O) groups excluding carboxylic acids is 1. The Hall–Kier alpha value is -2.77. The van der Waals surface area contributed by atoms with Crippen LogP contribution in [-0.4, -0.2) is 29.4 Å². The molecule has 1 atom stereocenters. The summed E-state index contributed by atoms with van der Waals surface area (Å²) in [6.07, 6.45) is 8.20. The summed E-state index contributed by atoms with van der Waals surface area (Å²) >= 11 is 0. The maximum absolute atomic E-state index is 13.2. The monoisotopic (exact) mass is 424 g/mol. The Morgan fingerprint density at radius 3 is 2.58 bits per heavy atom. The maximum atomic E-state index is 13.2. The van der Waals surface area contributed by atoms with Crippen LogP contribution in [0.25, 0.3) is 0 Å². The molecule has 0 bridgehead atoms. The molecular formula is C23H28N4O4. The van der Waals surface area contributed by atoms with Crippen molar-refractivity contribution >= 4 is 6.03 Å². The molecule has 0 radical (unpaired) electrons. The summed E-state index contributed by atoms with van der Waals surface area (Å²) in [5.74, 6) is 3.72. The third kappa shape index (κ3) is 3.72. The van der Waals surface area contributed by atoms with Gasteiger partial charge in [-0.05, 0) is 62.1 Å². The quantitative estimate of drug-likeness (QED) is 0.729. The van der Waals surface area contributed by atoms with Crippen molar-refractivity contribution in [2.45, 2.75) is 68.9 Å². The molecule has 0 spiro atoms. The van der Waals surface area contributed by atoms with Gasteiger partial charge in [0.2, 0.25) is 5.89 Å². The number of amides is 2. The molecule has 0 saturated heterocycles. The zero-order chi connectivity index (χ0) is 20.8. The van der Waals surface area contributed by atoms with E-state index in [-0.39, 0.29) is 12.1 Å². The van der Waals surface area contributed by atoms with Crippen LogP contribution in [-0.2, 0) is 5.54 Å². The van der Waals surface area contributed by atoms with E-state index < -0.39 is 5.54 Å². The van der Waals surface area contributed by atoms with Gasteiger partial charge in [0.05, 0.1) is 6.04 Å². The van der Waals surface area contributed by atoms with Crippen molar-refractivity contribution in [3.63, 3.8) is 0 Å². The van der Waals surface area contributed by atoms with E-state index in [1.165, 1.54) is 0 Å². The van der Waals surface area contributed by atoms with Gasteiger partial charge in [0.15, 0.2) is 17.3 Å². The Morgan fingerprint density at radius 2 is 1.84 bits per heavy atom. The highest BCUT2D eigenvalue weighted by Gasteiger charge is 2.43. The lowest BCUT2D eigenvalue weighted by Crippen LogP contribution is -2.50. The van der Waals surface area contributed by atoms with Gasteiger partial charge in [-0.15, -0.1) is 0 Å². The second-order valence-corrected chi connectivity index (χ2v) is 9.34. The fourth-order valence-corrected chi connectivity index (χ4v) is 4.86. The van der Waals surface area contributed by atoms with Crippen molar-refractivity contribution in [1.82, 2.24) is 20.8 Å². The predicted molar refractivity (Wildman–Crippen MR) is 111 cm³/mol. The number of carbonyl (C=O) groups is 1. The topological polar surface area (TPSA) is 98.5 Å². The van der Waals surface area contributed by atoms with Crippen molar-refractivity contribution < 1.29 is 18.8 Å². The SMILES string of the molecule is O=C(N[C@@H](c1ccc2c(c1)OCCO2)C1CC1)NC1(c2noc(C3CC3)n2)CCCC1. The third-order valence-corrected chi connectivity index (χ3v) is 6.91. The highest BCUT2D eigenvalue weighted by atomic mass is 16.6. The fourth-order valence-electron chi connectivity index (χ4n) is 4.86. The standard InChI is InChI=1S/C23H28N4O4/c28-22(26-23(9-1-2-10-23)21-25-20(31-27-21)15-5-6-15)24-19(14-3-4-14)16-7-8-17-18(13-16)30-12-11-29-17/h7-8,13-15,19H,1-6,9-12H2,(H2,24,26,28)/t19-/m1/s1. The van der Waals surface area contributed by atoms with Gasteiger partial charge < -0.3 is 24.6 Å². The molecule has 164 valence electrons. The van der Waals surface area contributed by atoms with Crippen LogP contribution < -0.4 is 20.1 Å². The Bertz CT molecular complexity index is 976. The average Bonchev–Trinajstić information content (AvgIpc) is 3.72. The second kappa shape index (κ2) is 7.43. The summed E-state index contributed by atoms with van der Waals surface area (Å²) in [6.45, 7) is 1.12. The molecule has 0 unspecified atom stereocenters. The van der Waals surface area contributed by atoms with Gasteiger partial charge >= 0.3 is 6.03 Å². The Labute approximate surface area is 181 Å². The van der Waals surface area contributed by atoms with Crippen LogP contribution in [0, 0.1) is 5.92 Å². The molecule has 3 aliphatic carbocycles. The maximum Gasteiger partial charge on any atom is 0.316 e. The van der Waals surface area contributed by atoms with Crippen LogP contribution in [0.15, 0.2) is 22.7 Å². The van der Waals surface area contributed by atoms with E-state index in [1.807, 2.05) is 18.2 Å². The van der Waals surface area contributed by atoms with E-state index in [1.54, 1.807) is 0 Å². The van der Waals surface area contributed by atoms with Gasteiger partial charge in [-0.1, -0.05) is 24.1 Å². The van der Waals surface area contributed by atoms with Crippen LogP contribution in [0.3, 0.4) is 0 Å². The molecule has 1 aromatic carbocycles. The van der Waals surface area contributed by atoms with E-state index in [9.17, 15) is 4.79 Å². The van der Waals surface area contributed by atoms with Crippen molar-refractivity contribution in [3.8, 4) is 11.5 Å². The smallest absolute Gasteiger partial charge is 0.316 e. The van der Waals surface area contributed by atoms with E-state index in [2.05, 4.69) is 20.8 Å². The molecule has 3 fully saturated rings. The molecule has 4 aliphatic rings. The van der Waals surface area contributed by atoms with Crippen LogP contribution in [0.2, 0.25) is 0 Å². The molecule has 3 saturated carbocycles. The van der Waals surface area contributed by atoms with Crippen molar-refractivity contribution in [2.75, 3.05) is 13.2 Å². The number of fused-ring (bicyclic) bond motifs is 1. The summed E-state index contributed by atoms with van der Waals surface area (Å²) in [5.41, 5.74) is 0.514. The first-order valence-corrected chi connectivity index (χ1v) is 11.5. The number of nitrogens with one attached hydrogen (secondary N) is 2. The number of hydrogen-bond acceptors (Lipinski definition) is 6. The molecule has 8 nitrogen and oxygen atoms in total. The van der Waals surface area contributed by atoms with Gasteiger partial charge in [-0.25, -0.2) is 4.79 Å². The molecule has 31 heavy (non-hydrogen) atoms. The molecule has 2 N–H and O–H groups in total. The van der Waals surface area contributed by atoms with Gasteiger partial charge in [0, 0.05) is 5.92 Å². The Balaban J connectivity index is 1.20. The van der Waals surface area contributed by atoms with Crippen molar-refractivity contribution in [1.29, 1.82) is 0 Å². The van der Waals surface area contributed by atoms with E-state index in [0.29, 0.717) is 30.9 Å². The van der Waals surface area contributed by atoms with Crippen LogP contribution in [0.4, 0.5) is 4.79 Å². The van der Waals surface area contributed by atoms with Gasteiger partial charge in [0.1, 0.15) is 18.8 Å². The number of rotatable bonds is 6. The number of aromatic nitrogens is 2. The van der Waals surface area contributed by atoms with Crippen LogP contribution >= 0.6 is 0 Å². The van der Waals surface area contributed by atoms with Crippen LogP contribution in [0.5, 0.6) is 11.5 Å². The molecule has 8 heteroatoms. The summed E-state index contributed by atoms with van der Waals surface area (Å²) in [5, 5.41) is 10.7. The molecule has 6 rings (SSSR count). The minimum atomic E-state index is -0.540. The Morgan fingerprint density at radius 1 is 1.06 bits per heavy atom. The largest absolute Gasteiger partial charge is 0.486 e. The number of ether oxygens (including phenoxy) is 2. The summed E-state index contributed by atoms with van der Waals surface area (Å²) in [7, 11) is 0. The lowest BCUT2D eigenvalue weighted by molar-refractivity contribution is 0.171. The number of benzene rings is 1. The van der Waals surface area contributed by atoms with E-state index in [4.69, 9.17) is 14.0 Å². The van der Waals surface area contributed by atoms with E-state index in [0.717, 1.165) is 74.3 Å². The zero-order valence-electron chi connectivity index (χ0n) is 17.6. The first-order valence-electron chi connectivity index (χ1n) is 11.5. The summed E-state index contributed by atoms with van der Waals surface area (Å²) < 4.78 is 16.9. The second-order valence-electron chi connectivity index (χ2n) is 9.34. The average molecular weight is 425 g/mol. The highest BCUT2D eigenvalue weighted by molar-refractivity contribution is 5.75. The minimum Gasteiger partial charge on any atom is -0.486 e. The lowest BCUT2D eigenvalue weighted by Gasteiger charge is -2.29. The first-order chi connectivity index (χ1) is 15.2. The van der Waals surface area contributed by atoms with Gasteiger partial charge in [0.25, 0.3) is 0 Å². The fraction of sp³-hybridized carbons (Fsp3) is 0.609. The predicted octanol–water partition coefficient (Wildman–Crippen LogP) is 3.94.